The highest BCUT2D eigenvalue weighted by Gasteiger charge is 2.14. The van der Waals surface area contributed by atoms with Crippen molar-refractivity contribution in [3.8, 4) is 0 Å². The molecular weight excluding hydrogens is 278 g/mol. The summed E-state index contributed by atoms with van der Waals surface area (Å²) in [4.78, 5) is 5.71. The molecule has 1 heterocycles. The van der Waals surface area contributed by atoms with E-state index in [4.69, 9.17) is 17.3 Å². The van der Waals surface area contributed by atoms with E-state index in [0.29, 0.717) is 10.7 Å². The van der Waals surface area contributed by atoms with Gasteiger partial charge in [0.2, 0.25) is 0 Å². The van der Waals surface area contributed by atoms with Gasteiger partial charge in [0, 0.05) is 10.6 Å². The van der Waals surface area contributed by atoms with Crippen molar-refractivity contribution >= 4 is 34.3 Å². The summed E-state index contributed by atoms with van der Waals surface area (Å²) in [5, 5.41) is 5.15. The van der Waals surface area contributed by atoms with E-state index in [1.807, 2.05) is 32.9 Å². The minimum atomic E-state index is 0.199. The van der Waals surface area contributed by atoms with Crippen LogP contribution in [0.2, 0.25) is 5.02 Å². The van der Waals surface area contributed by atoms with Gasteiger partial charge < -0.3 is 11.1 Å². The molecule has 0 aliphatic heterocycles. The van der Waals surface area contributed by atoms with E-state index in [1.54, 1.807) is 11.3 Å². The number of nitrogens with zero attached hydrogens (tertiary/aromatic N) is 1. The second kappa shape index (κ2) is 5.39. The molecule has 0 aliphatic carbocycles. The van der Waals surface area contributed by atoms with E-state index in [-0.39, 0.29) is 6.04 Å². The van der Waals surface area contributed by atoms with Gasteiger partial charge in [-0.15, -0.1) is 11.3 Å². The highest BCUT2D eigenvalue weighted by molar-refractivity contribution is 7.11. The number of thiazole rings is 1. The van der Waals surface area contributed by atoms with Gasteiger partial charge in [-0.05, 0) is 45.4 Å². The van der Waals surface area contributed by atoms with Gasteiger partial charge in [0.05, 0.1) is 27.5 Å². The highest BCUT2D eigenvalue weighted by Crippen LogP contribution is 2.31. The number of benzene rings is 1. The Labute approximate surface area is 122 Å². The molecule has 0 saturated carbocycles. The normalized spacial score (nSPS) is 12.5. The SMILES string of the molecule is Cc1nc(C)c(C(C)Nc2cc(Cl)c(N)cc2C)s1. The summed E-state index contributed by atoms with van der Waals surface area (Å²) in [5.74, 6) is 0. The second-order valence-electron chi connectivity index (χ2n) is 4.74. The fraction of sp³-hybridized carbons (Fsp3) is 0.357. The zero-order valence-electron chi connectivity index (χ0n) is 11.5. The summed E-state index contributed by atoms with van der Waals surface area (Å²) in [6, 6.07) is 3.97. The Bertz CT molecular complexity index is 607. The molecule has 0 fully saturated rings. The number of anilines is 2. The standard InChI is InChI=1S/C14H18ClN3S/c1-7-5-12(16)11(15)6-13(7)18-9(3)14-8(2)17-10(4)19-14/h5-6,9,18H,16H2,1-4H3. The fourth-order valence-corrected chi connectivity index (χ4v) is 3.20. The smallest absolute Gasteiger partial charge is 0.0900 e. The third kappa shape index (κ3) is 3.01. The van der Waals surface area contributed by atoms with Crippen LogP contribution >= 0.6 is 22.9 Å². The topological polar surface area (TPSA) is 50.9 Å². The molecule has 2 aromatic rings. The van der Waals surface area contributed by atoms with Gasteiger partial charge in [-0.2, -0.15) is 0 Å². The van der Waals surface area contributed by atoms with Gasteiger partial charge in [0.15, 0.2) is 0 Å². The summed E-state index contributed by atoms with van der Waals surface area (Å²) in [6.45, 7) is 8.22. The van der Waals surface area contributed by atoms with Crippen LogP contribution in [0.3, 0.4) is 0 Å². The van der Waals surface area contributed by atoms with Gasteiger partial charge in [0.25, 0.3) is 0 Å². The predicted octanol–water partition coefficient (Wildman–Crippen LogP) is 4.48. The Morgan fingerprint density at radius 1 is 1.32 bits per heavy atom. The van der Waals surface area contributed by atoms with Crippen LogP contribution in [0, 0.1) is 20.8 Å². The van der Waals surface area contributed by atoms with E-state index in [1.165, 1.54) is 4.88 Å². The number of rotatable bonds is 3. The molecule has 3 nitrogen and oxygen atoms in total. The largest absolute Gasteiger partial charge is 0.398 e. The number of aromatic nitrogens is 1. The van der Waals surface area contributed by atoms with Crippen LogP contribution in [-0.4, -0.2) is 4.98 Å². The third-order valence-corrected chi connectivity index (χ3v) is 4.63. The average Bonchev–Trinajstić information content (AvgIpc) is 2.65. The molecule has 1 atom stereocenters. The zero-order valence-corrected chi connectivity index (χ0v) is 13.1. The number of nitrogens with two attached hydrogens (primary N) is 1. The lowest BCUT2D eigenvalue weighted by Gasteiger charge is -2.17. The summed E-state index contributed by atoms with van der Waals surface area (Å²) in [6.07, 6.45) is 0. The second-order valence-corrected chi connectivity index (χ2v) is 6.38. The molecule has 1 aromatic heterocycles. The average molecular weight is 296 g/mol. The summed E-state index contributed by atoms with van der Waals surface area (Å²) in [5.41, 5.74) is 9.59. The monoisotopic (exact) mass is 295 g/mol. The van der Waals surface area contributed by atoms with Crippen molar-refractivity contribution in [1.29, 1.82) is 0 Å². The fourth-order valence-electron chi connectivity index (χ4n) is 2.11. The first-order valence-electron chi connectivity index (χ1n) is 6.14. The maximum Gasteiger partial charge on any atom is 0.0900 e. The van der Waals surface area contributed by atoms with Crippen molar-refractivity contribution in [2.45, 2.75) is 33.7 Å². The molecule has 0 saturated heterocycles. The minimum Gasteiger partial charge on any atom is -0.398 e. The first kappa shape index (κ1) is 14.2. The molecule has 0 aliphatic rings. The van der Waals surface area contributed by atoms with Gasteiger partial charge in [0.1, 0.15) is 0 Å². The Morgan fingerprint density at radius 3 is 2.58 bits per heavy atom. The van der Waals surface area contributed by atoms with Gasteiger partial charge in [-0.25, -0.2) is 4.98 Å². The third-order valence-electron chi connectivity index (χ3n) is 3.05. The van der Waals surface area contributed by atoms with Gasteiger partial charge in [-0.3, -0.25) is 0 Å². The van der Waals surface area contributed by atoms with E-state index in [9.17, 15) is 0 Å². The molecule has 2 rings (SSSR count). The van der Waals surface area contributed by atoms with Crippen molar-refractivity contribution in [3.63, 3.8) is 0 Å². The highest BCUT2D eigenvalue weighted by atomic mass is 35.5. The van der Waals surface area contributed by atoms with Crippen molar-refractivity contribution in [2.75, 3.05) is 11.1 Å². The van der Waals surface area contributed by atoms with Crippen LogP contribution in [0.1, 0.15) is 34.1 Å². The van der Waals surface area contributed by atoms with Crippen molar-refractivity contribution < 1.29 is 0 Å². The first-order valence-corrected chi connectivity index (χ1v) is 7.34. The molecule has 0 spiro atoms. The molecule has 102 valence electrons. The molecular formula is C14H18ClN3S. The van der Waals surface area contributed by atoms with Crippen LogP contribution in [0.4, 0.5) is 11.4 Å². The Kier molecular flexibility index (Phi) is 4.02. The quantitative estimate of drug-likeness (QED) is 0.821. The maximum atomic E-state index is 6.08. The number of halogens is 1. The lowest BCUT2D eigenvalue weighted by Crippen LogP contribution is -2.08. The number of aryl methyl sites for hydroxylation is 3. The molecule has 19 heavy (non-hydrogen) atoms. The van der Waals surface area contributed by atoms with Crippen molar-refractivity contribution in [2.24, 2.45) is 0 Å². The first-order chi connectivity index (χ1) is 8.88. The number of nitrogens with one attached hydrogen (secondary N) is 1. The van der Waals surface area contributed by atoms with Crippen LogP contribution < -0.4 is 11.1 Å². The number of hydrogen-bond donors (Lipinski definition) is 2. The Balaban J connectivity index is 2.26. The lowest BCUT2D eigenvalue weighted by molar-refractivity contribution is 0.888. The summed E-state index contributed by atoms with van der Waals surface area (Å²) >= 11 is 7.80. The van der Waals surface area contributed by atoms with E-state index < -0.39 is 0 Å². The zero-order chi connectivity index (χ0) is 14.2. The Morgan fingerprint density at radius 2 is 2.00 bits per heavy atom. The van der Waals surface area contributed by atoms with Gasteiger partial charge >= 0.3 is 0 Å². The van der Waals surface area contributed by atoms with Crippen LogP contribution in [-0.2, 0) is 0 Å². The van der Waals surface area contributed by atoms with Crippen LogP contribution in [0.5, 0.6) is 0 Å². The summed E-state index contributed by atoms with van der Waals surface area (Å²) < 4.78 is 0. The van der Waals surface area contributed by atoms with Crippen LogP contribution in [0.25, 0.3) is 0 Å². The van der Waals surface area contributed by atoms with E-state index in [2.05, 4.69) is 17.2 Å². The minimum absolute atomic E-state index is 0.199. The number of nitrogen functional groups attached to an aromatic ring is 1. The Hall–Kier alpha value is -1.26. The van der Waals surface area contributed by atoms with Gasteiger partial charge in [-0.1, -0.05) is 11.6 Å². The lowest BCUT2D eigenvalue weighted by atomic mass is 10.1. The molecule has 0 radical (unpaired) electrons. The molecule has 1 unspecified atom stereocenters. The number of hydrogen-bond acceptors (Lipinski definition) is 4. The van der Waals surface area contributed by atoms with E-state index in [0.717, 1.165) is 22.0 Å². The van der Waals surface area contributed by atoms with Crippen LogP contribution in [0.15, 0.2) is 12.1 Å². The molecule has 3 N–H and O–H groups in total. The maximum absolute atomic E-state index is 6.08. The molecule has 0 bridgehead atoms. The van der Waals surface area contributed by atoms with E-state index >= 15 is 0 Å². The van der Waals surface area contributed by atoms with Crippen molar-refractivity contribution in [3.05, 3.63) is 38.3 Å². The summed E-state index contributed by atoms with van der Waals surface area (Å²) in [7, 11) is 0. The molecule has 5 heteroatoms. The molecule has 1 aromatic carbocycles. The predicted molar refractivity (Wildman–Crippen MR) is 84.2 cm³/mol. The van der Waals surface area contributed by atoms with Crippen molar-refractivity contribution in [1.82, 2.24) is 4.98 Å². The molecule has 0 amide bonds.